The number of nitro groups is 1. The number of fused-ring (bicyclic) bond motifs is 1. The van der Waals surface area contributed by atoms with Crippen LogP contribution >= 0.6 is 0 Å². The maximum atomic E-state index is 10.8. The molecule has 2 N–H and O–H groups in total. The van der Waals surface area contributed by atoms with E-state index >= 15 is 0 Å². The summed E-state index contributed by atoms with van der Waals surface area (Å²) in [5.74, 6) is 0.711. The topological polar surface area (TPSA) is 95.3 Å². The minimum Gasteiger partial charge on any atom is -0.390 e. The maximum absolute atomic E-state index is 10.8. The van der Waals surface area contributed by atoms with E-state index in [1.54, 1.807) is 6.07 Å². The second kappa shape index (κ2) is 5.00. The molecule has 0 aliphatic carbocycles. The molecule has 2 heterocycles. The fraction of sp³-hybridized carbons (Fsp3) is 0.500. The Bertz CT molecular complexity index is 680. The number of aromatic nitrogens is 2. The molecule has 1 saturated heterocycles. The van der Waals surface area contributed by atoms with Gasteiger partial charge in [0.1, 0.15) is 0 Å². The summed E-state index contributed by atoms with van der Waals surface area (Å²) in [6, 6.07) is 4.61. The predicted molar refractivity (Wildman–Crippen MR) is 79.4 cm³/mol. The Morgan fingerprint density at radius 1 is 1.43 bits per heavy atom. The van der Waals surface area contributed by atoms with Crippen molar-refractivity contribution in [2.45, 2.75) is 31.8 Å². The Morgan fingerprint density at radius 3 is 3.00 bits per heavy atom. The predicted octanol–water partition coefficient (Wildman–Crippen LogP) is 2.21. The zero-order valence-corrected chi connectivity index (χ0v) is 11.9. The highest BCUT2D eigenvalue weighted by molar-refractivity contribution is 5.80. The molecule has 7 heteroatoms. The Kier molecular flexibility index (Phi) is 3.29. The SMILES string of the molecule is CC1(O)CCCN(c2nc3ccc([N+](=O)[O-])cc3[nH]2)CC1. The van der Waals surface area contributed by atoms with Crippen molar-refractivity contribution in [1.29, 1.82) is 0 Å². The third-order valence-electron chi connectivity index (χ3n) is 4.03. The number of nitrogens with one attached hydrogen (secondary N) is 1. The summed E-state index contributed by atoms with van der Waals surface area (Å²) in [4.78, 5) is 20.1. The molecule has 1 aliphatic rings. The van der Waals surface area contributed by atoms with Crippen molar-refractivity contribution in [3.8, 4) is 0 Å². The number of anilines is 1. The van der Waals surface area contributed by atoms with Crippen molar-refractivity contribution in [2.75, 3.05) is 18.0 Å². The molecule has 3 rings (SSSR count). The fourth-order valence-electron chi connectivity index (χ4n) is 2.72. The van der Waals surface area contributed by atoms with Gasteiger partial charge in [-0.25, -0.2) is 4.98 Å². The first-order valence-electron chi connectivity index (χ1n) is 7.06. The molecule has 1 unspecified atom stereocenters. The second-order valence-electron chi connectivity index (χ2n) is 5.86. The van der Waals surface area contributed by atoms with E-state index in [9.17, 15) is 15.2 Å². The number of non-ortho nitro benzene ring substituents is 1. The van der Waals surface area contributed by atoms with Crippen molar-refractivity contribution in [3.05, 3.63) is 28.3 Å². The zero-order valence-electron chi connectivity index (χ0n) is 11.9. The largest absolute Gasteiger partial charge is 0.390 e. The highest BCUT2D eigenvalue weighted by atomic mass is 16.6. The first kappa shape index (κ1) is 13.8. The van der Waals surface area contributed by atoms with Crippen molar-refractivity contribution in [1.82, 2.24) is 9.97 Å². The average molecular weight is 290 g/mol. The number of hydrogen-bond acceptors (Lipinski definition) is 5. The molecule has 1 fully saturated rings. The van der Waals surface area contributed by atoms with Crippen molar-refractivity contribution >= 4 is 22.7 Å². The number of nitrogens with zero attached hydrogens (tertiary/aromatic N) is 3. The van der Waals surface area contributed by atoms with Crippen LogP contribution in [0.25, 0.3) is 11.0 Å². The first-order chi connectivity index (χ1) is 9.94. The highest BCUT2D eigenvalue weighted by Crippen LogP contribution is 2.26. The van der Waals surface area contributed by atoms with Crippen LogP contribution in [0.5, 0.6) is 0 Å². The van der Waals surface area contributed by atoms with Crippen LogP contribution in [0, 0.1) is 10.1 Å². The number of hydrogen-bond donors (Lipinski definition) is 2. The van der Waals surface area contributed by atoms with E-state index in [0.29, 0.717) is 23.4 Å². The quantitative estimate of drug-likeness (QED) is 0.653. The van der Waals surface area contributed by atoms with E-state index in [0.717, 1.165) is 25.9 Å². The molecule has 1 atom stereocenters. The molecular weight excluding hydrogens is 272 g/mol. The normalized spacial score (nSPS) is 23.2. The average Bonchev–Trinajstić information content (AvgIpc) is 2.76. The van der Waals surface area contributed by atoms with Gasteiger partial charge < -0.3 is 15.0 Å². The summed E-state index contributed by atoms with van der Waals surface area (Å²) in [6.45, 7) is 3.39. The monoisotopic (exact) mass is 290 g/mol. The van der Waals surface area contributed by atoms with Crippen LogP contribution in [0.2, 0.25) is 0 Å². The lowest BCUT2D eigenvalue weighted by atomic mass is 9.98. The molecular formula is C14H18N4O3. The third kappa shape index (κ3) is 2.82. The molecule has 21 heavy (non-hydrogen) atoms. The molecule has 0 saturated carbocycles. The summed E-state index contributed by atoms with van der Waals surface area (Å²) in [6.07, 6.45) is 2.35. The van der Waals surface area contributed by atoms with E-state index in [2.05, 4.69) is 14.9 Å². The Hall–Kier alpha value is -2.15. The minimum absolute atomic E-state index is 0.0523. The zero-order chi connectivity index (χ0) is 15.0. The van der Waals surface area contributed by atoms with E-state index in [1.165, 1.54) is 12.1 Å². The molecule has 1 aromatic heterocycles. The Morgan fingerprint density at radius 2 is 2.24 bits per heavy atom. The van der Waals surface area contributed by atoms with Gasteiger partial charge in [0.25, 0.3) is 5.69 Å². The van der Waals surface area contributed by atoms with Gasteiger partial charge in [-0.3, -0.25) is 10.1 Å². The number of benzene rings is 1. The van der Waals surface area contributed by atoms with Gasteiger partial charge in [0.05, 0.1) is 21.6 Å². The van der Waals surface area contributed by atoms with Crippen molar-refractivity contribution in [3.63, 3.8) is 0 Å². The number of imidazole rings is 1. The molecule has 0 radical (unpaired) electrons. The van der Waals surface area contributed by atoms with Crippen LogP contribution in [0.1, 0.15) is 26.2 Å². The molecule has 0 spiro atoms. The summed E-state index contributed by atoms with van der Waals surface area (Å²) in [5, 5.41) is 20.9. The van der Waals surface area contributed by atoms with Crippen LogP contribution in [0.4, 0.5) is 11.6 Å². The van der Waals surface area contributed by atoms with Gasteiger partial charge in [0, 0.05) is 25.2 Å². The van der Waals surface area contributed by atoms with Crippen LogP contribution in [-0.2, 0) is 0 Å². The molecule has 2 aromatic rings. The summed E-state index contributed by atoms with van der Waals surface area (Å²) in [5.41, 5.74) is 0.804. The lowest BCUT2D eigenvalue weighted by Gasteiger charge is -2.21. The van der Waals surface area contributed by atoms with Crippen molar-refractivity contribution < 1.29 is 10.0 Å². The molecule has 112 valence electrons. The van der Waals surface area contributed by atoms with Crippen LogP contribution in [0.3, 0.4) is 0 Å². The van der Waals surface area contributed by atoms with Gasteiger partial charge in [0.2, 0.25) is 5.95 Å². The molecule has 1 aliphatic heterocycles. The number of aromatic amines is 1. The Labute approximate surface area is 121 Å². The van der Waals surface area contributed by atoms with Gasteiger partial charge in [-0.2, -0.15) is 0 Å². The highest BCUT2D eigenvalue weighted by Gasteiger charge is 2.26. The first-order valence-corrected chi connectivity index (χ1v) is 7.06. The van der Waals surface area contributed by atoms with E-state index in [4.69, 9.17) is 0 Å². The fourth-order valence-corrected chi connectivity index (χ4v) is 2.72. The van der Waals surface area contributed by atoms with E-state index < -0.39 is 10.5 Å². The standard InChI is InChI=1S/C14H18N4O3/c1-14(19)5-2-7-17(8-6-14)13-15-11-4-3-10(18(20)21)9-12(11)16-13/h3-4,9,19H,2,5-8H2,1H3,(H,15,16). The third-order valence-corrected chi connectivity index (χ3v) is 4.03. The number of aliphatic hydroxyl groups is 1. The van der Waals surface area contributed by atoms with Gasteiger partial charge in [0.15, 0.2) is 0 Å². The molecule has 0 amide bonds. The van der Waals surface area contributed by atoms with Gasteiger partial charge in [-0.1, -0.05) is 0 Å². The lowest BCUT2D eigenvalue weighted by Crippen LogP contribution is -2.28. The van der Waals surface area contributed by atoms with Gasteiger partial charge in [-0.15, -0.1) is 0 Å². The summed E-state index contributed by atoms with van der Waals surface area (Å²) in [7, 11) is 0. The number of nitro benzene ring substituents is 1. The summed E-state index contributed by atoms with van der Waals surface area (Å²) >= 11 is 0. The number of H-pyrrole nitrogens is 1. The van der Waals surface area contributed by atoms with Gasteiger partial charge in [-0.05, 0) is 32.3 Å². The van der Waals surface area contributed by atoms with Crippen LogP contribution in [-0.4, -0.2) is 38.7 Å². The molecule has 0 bridgehead atoms. The van der Waals surface area contributed by atoms with Crippen LogP contribution < -0.4 is 4.90 Å². The van der Waals surface area contributed by atoms with Gasteiger partial charge >= 0.3 is 0 Å². The van der Waals surface area contributed by atoms with Crippen LogP contribution in [0.15, 0.2) is 18.2 Å². The van der Waals surface area contributed by atoms with E-state index in [1.807, 2.05) is 6.92 Å². The van der Waals surface area contributed by atoms with E-state index in [-0.39, 0.29) is 5.69 Å². The number of rotatable bonds is 2. The minimum atomic E-state index is -0.625. The molecule has 1 aromatic carbocycles. The molecule has 7 nitrogen and oxygen atoms in total. The Balaban J connectivity index is 1.88. The summed E-state index contributed by atoms with van der Waals surface area (Å²) < 4.78 is 0. The lowest BCUT2D eigenvalue weighted by molar-refractivity contribution is -0.384. The van der Waals surface area contributed by atoms with Crippen molar-refractivity contribution in [2.24, 2.45) is 0 Å². The smallest absolute Gasteiger partial charge is 0.271 e. The maximum Gasteiger partial charge on any atom is 0.271 e. The second-order valence-corrected chi connectivity index (χ2v) is 5.86.